The van der Waals surface area contributed by atoms with E-state index in [0.717, 1.165) is 64.3 Å². The third kappa shape index (κ3) is 11.6. The average Bonchev–Trinajstić information content (AvgIpc) is 1.56. The monoisotopic (exact) mass is 1580 g/mol. The first kappa shape index (κ1) is 71.0. The smallest absolute Gasteiger partial charge is 0.161 e. The number of para-hydroxylation sites is 2. The van der Waals surface area contributed by atoms with E-state index in [4.69, 9.17) is 4.42 Å². The van der Waals surface area contributed by atoms with Gasteiger partial charge in [-0.1, -0.05) is 352 Å². The molecule has 0 spiro atoms. The SMILES string of the molecule is c1ccc(-c2ccc3c(c2)-c2cccc(-c4ccc5c(c4)C4=C(C5)c5ccccc5C4c4ccccc4)c2C3)cc1.c1ccc(-c2ccc3c(c2)-c2cccc(-c4cccc5c4C4=C(C5)c5ccccc5C4c4ccccc4)c2C3)cc1.c1ccc(-c2ccc3sc4c(-c5ccc6c(c5)oc5c7ccccc7n(-c7ccccc7)c65)cccc4c3c2)cc1. The van der Waals surface area contributed by atoms with Crippen molar-refractivity contribution in [3.63, 3.8) is 0 Å². The molecule has 0 radical (unpaired) electrons. The van der Waals surface area contributed by atoms with E-state index in [1.54, 1.807) is 0 Å². The Balaban J connectivity index is 0.000000101. The van der Waals surface area contributed by atoms with Gasteiger partial charge in [0.1, 0.15) is 11.1 Å². The summed E-state index contributed by atoms with van der Waals surface area (Å²) in [5.41, 5.74) is 52.4. The molecule has 18 aromatic carbocycles. The molecule has 0 bridgehead atoms. The first-order chi connectivity index (χ1) is 61.0. The van der Waals surface area contributed by atoms with Crippen LogP contribution in [0.25, 0.3) is 170 Å². The molecule has 0 amide bonds. The highest BCUT2D eigenvalue weighted by atomic mass is 32.1. The molecule has 3 heterocycles. The van der Waals surface area contributed by atoms with Gasteiger partial charge in [0.15, 0.2) is 5.58 Å². The molecule has 6 aliphatic carbocycles. The maximum atomic E-state index is 6.65. The molecule has 27 rings (SSSR count). The van der Waals surface area contributed by atoms with Crippen molar-refractivity contribution in [2.45, 2.75) is 37.5 Å². The largest absolute Gasteiger partial charge is 0.454 e. The Kier molecular flexibility index (Phi) is 16.7. The van der Waals surface area contributed by atoms with Crippen LogP contribution in [0, 0.1) is 0 Å². The fraction of sp³-hybridized carbons (Fsp3) is 0.0500. The average molecular weight is 1580 g/mol. The fourth-order valence-electron chi connectivity index (χ4n) is 21.7. The van der Waals surface area contributed by atoms with E-state index in [9.17, 15) is 0 Å². The van der Waals surface area contributed by atoms with Gasteiger partial charge in [-0.3, -0.25) is 0 Å². The summed E-state index contributed by atoms with van der Waals surface area (Å²) in [6, 6.07) is 154. The third-order valence-corrected chi connectivity index (χ3v) is 28.4. The number of aromatic nitrogens is 1. The summed E-state index contributed by atoms with van der Waals surface area (Å²) in [5, 5.41) is 4.86. The Morgan fingerprint density at radius 2 is 0.699 bits per heavy atom. The van der Waals surface area contributed by atoms with E-state index in [-0.39, 0.29) is 5.92 Å². The first-order valence-corrected chi connectivity index (χ1v) is 44.0. The molecule has 3 heteroatoms. The zero-order valence-corrected chi connectivity index (χ0v) is 68.4. The van der Waals surface area contributed by atoms with E-state index >= 15 is 0 Å². The van der Waals surface area contributed by atoms with E-state index in [1.807, 2.05) is 11.3 Å². The van der Waals surface area contributed by atoms with Crippen molar-refractivity contribution in [1.82, 2.24) is 4.57 Å². The standard InChI is InChI=1S/2C41H28.C38H23NOS/c1-3-11-26(12-4-1)28-21-22-29-24-37-31(18-10-19-33(37)36(29)23-28)35-20-9-15-30-25-38-32-16-7-8-17-34(32)39(41(38)40(30)35)27-13-5-2-6-14-27;1-3-10-26(11-4-1)28-18-19-30-24-38-32(16-9-17-34(38)36(30)22-28)29-20-21-31-25-39-33-14-7-8-15-35(33)40(41(39)37(31)23-29)27-12-5-2-6-13-27;1-3-10-24(11-4-1)25-19-21-35-32(22-25)29-16-9-15-28(38(29)41-35)26-18-20-31-34(23-26)40-37-30-14-7-8-17-33(30)39(36(31)37)27-12-5-2-6-13-27/h1-23,39H,24-25H2;1-23,40H,24-25H2;1-23H. The molecular formula is C120H79NOS. The van der Waals surface area contributed by atoms with Gasteiger partial charge in [-0.05, 0) is 282 Å². The molecule has 0 N–H and O–H groups in total. The minimum atomic E-state index is 0.271. The maximum absolute atomic E-state index is 6.65. The van der Waals surface area contributed by atoms with Crippen molar-refractivity contribution in [3.8, 4) is 94.7 Å². The van der Waals surface area contributed by atoms with Gasteiger partial charge in [0.05, 0.1) is 5.52 Å². The number of fused-ring (bicyclic) bond motifs is 22. The summed E-state index contributed by atoms with van der Waals surface area (Å²) >= 11 is 1.87. The molecule has 123 heavy (non-hydrogen) atoms. The lowest BCUT2D eigenvalue weighted by atomic mass is 9.81. The predicted molar refractivity (Wildman–Crippen MR) is 516 cm³/mol. The molecule has 0 saturated carbocycles. The van der Waals surface area contributed by atoms with Crippen molar-refractivity contribution in [2.75, 3.05) is 0 Å². The Labute approximate surface area is 719 Å². The Morgan fingerprint density at radius 1 is 0.260 bits per heavy atom. The summed E-state index contributed by atoms with van der Waals surface area (Å²) in [7, 11) is 0. The summed E-state index contributed by atoms with van der Waals surface area (Å²) in [6.45, 7) is 0. The Morgan fingerprint density at radius 3 is 1.34 bits per heavy atom. The molecular weight excluding hydrogens is 1500 g/mol. The van der Waals surface area contributed by atoms with Crippen LogP contribution in [0.2, 0.25) is 0 Å². The number of benzene rings is 18. The van der Waals surface area contributed by atoms with Crippen molar-refractivity contribution in [1.29, 1.82) is 0 Å². The van der Waals surface area contributed by atoms with Crippen LogP contribution >= 0.6 is 11.3 Å². The third-order valence-electron chi connectivity index (χ3n) is 27.2. The van der Waals surface area contributed by atoms with Crippen molar-refractivity contribution in [2.24, 2.45) is 0 Å². The van der Waals surface area contributed by atoms with Crippen LogP contribution in [-0.4, -0.2) is 4.57 Å². The first-order valence-electron chi connectivity index (χ1n) is 43.2. The minimum Gasteiger partial charge on any atom is -0.454 e. The number of hydrogen-bond donors (Lipinski definition) is 0. The van der Waals surface area contributed by atoms with Crippen molar-refractivity contribution in [3.05, 3.63) is 496 Å². The molecule has 2 atom stereocenters. The van der Waals surface area contributed by atoms with Crippen LogP contribution in [0.4, 0.5) is 0 Å². The zero-order valence-electron chi connectivity index (χ0n) is 67.6. The fourth-order valence-corrected chi connectivity index (χ4v) is 22.9. The lowest BCUT2D eigenvalue weighted by Gasteiger charge is -2.22. The van der Waals surface area contributed by atoms with Crippen LogP contribution in [-0.2, 0) is 25.7 Å². The van der Waals surface area contributed by atoms with Crippen LogP contribution in [0.5, 0.6) is 0 Å². The summed E-state index contributed by atoms with van der Waals surface area (Å²) in [6.07, 6.45) is 3.99. The summed E-state index contributed by atoms with van der Waals surface area (Å²) in [4.78, 5) is 0. The van der Waals surface area contributed by atoms with E-state index in [1.165, 1.54) is 209 Å². The van der Waals surface area contributed by atoms with Crippen LogP contribution in [0.3, 0.4) is 0 Å². The number of thiophene rings is 1. The van der Waals surface area contributed by atoms with Crippen LogP contribution in [0.15, 0.2) is 423 Å². The Bertz CT molecular complexity index is 7950. The van der Waals surface area contributed by atoms with E-state index in [0.29, 0.717) is 5.92 Å². The molecule has 21 aromatic rings. The van der Waals surface area contributed by atoms with Gasteiger partial charge in [-0.2, -0.15) is 0 Å². The topological polar surface area (TPSA) is 18.1 Å². The quantitative estimate of drug-likeness (QED) is 0.141. The highest BCUT2D eigenvalue weighted by molar-refractivity contribution is 7.26. The molecule has 6 aliphatic rings. The van der Waals surface area contributed by atoms with Crippen LogP contribution in [0.1, 0.15) is 89.7 Å². The van der Waals surface area contributed by atoms with Gasteiger partial charge in [0, 0.05) is 48.5 Å². The molecule has 2 nitrogen and oxygen atoms in total. The second kappa shape index (κ2) is 28.9. The molecule has 0 aliphatic heterocycles. The summed E-state index contributed by atoms with van der Waals surface area (Å²) < 4.78 is 11.6. The lowest BCUT2D eigenvalue weighted by Crippen LogP contribution is -2.04. The molecule has 3 aromatic heterocycles. The molecule has 0 saturated heterocycles. The highest BCUT2D eigenvalue weighted by Crippen LogP contribution is 2.60. The second-order valence-electron chi connectivity index (χ2n) is 33.7. The van der Waals surface area contributed by atoms with Crippen LogP contribution < -0.4 is 0 Å². The van der Waals surface area contributed by atoms with E-state index in [2.05, 4.69) is 423 Å². The normalized spacial score (nSPS) is 14.5. The van der Waals surface area contributed by atoms with E-state index < -0.39 is 0 Å². The van der Waals surface area contributed by atoms with Gasteiger partial charge in [-0.15, -0.1) is 11.3 Å². The number of rotatable bonds is 9. The predicted octanol–water partition coefficient (Wildman–Crippen LogP) is 31.6. The van der Waals surface area contributed by atoms with Gasteiger partial charge in [0.25, 0.3) is 0 Å². The molecule has 0 fully saturated rings. The molecule has 2 unspecified atom stereocenters. The summed E-state index contributed by atoms with van der Waals surface area (Å²) in [5.74, 6) is 0.563. The van der Waals surface area contributed by atoms with Gasteiger partial charge in [0.2, 0.25) is 0 Å². The van der Waals surface area contributed by atoms with Gasteiger partial charge >= 0.3 is 0 Å². The van der Waals surface area contributed by atoms with Crippen molar-refractivity contribution >= 4 is 86.8 Å². The van der Waals surface area contributed by atoms with Gasteiger partial charge in [-0.25, -0.2) is 0 Å². The number of nitrogens with zero attached hydrogens (tertiary/aromatic N) is 1. The lowest BCUT2D eigenvalue weighted by molar-refractivity contribution is 0.673. The molecule has 576 valence electrons. The maximum Gasteiger partial charge on any atom is 0.161 e. The number of furan rings is 1. The minimum absolute atomic E-state index is 0.271. The van der Waals surface area contributed by atoms with Crippen molar-refractivity contribution < 1.29 is 4.42 Å². The number of hydrogen-bond acceptors (Lipinski definition) is 2. The number of allylic oxidation sites excluding steroid dienone is 4. The van der Waals surface area contributed by atoms with Gasteiger partial charge < -0.3 is 8.98 Å². The highest BCUT2D eigenvalue weighted by Gasteiger charge is 2.41. The Hall–Kier alpha value is -15.0. The zero-order chi connectivity index (χ0) is 80.7. The second-order valence-corrected chi connectivity index (χ2v) is 34.8.